The number of amides is 3. The average Bonchev–Trinajstić information content (AvgIpc) is 2.89. The highest BCUT2D eigenvalue weighted by Gasteiger charge is 2.37. The summed E-state index contributed by atoms with van der Waals surface area (Å²) in [5.74, 6) is -3.70. The Kier molecular flexibility index (Phi) is 14.5. The number of nitrogens with two attached hydrogens (primary N) is 1. The molecule has 0 aromatic heterocycles. The van der Waals surface area contributed by atoms with Crippen molar-refractivity contribution in [1.82, 2.24) is 16.0 Å². The maximum atomic E-state index is 12.8. The normalized spacial score (nSPS) is 16.7. The highest BCUT2D eigenvalue weighted by Crippen LogP contribution is 2.17. The molecule has 0 radical (unpaired) electrons. The maximum absolute atomic E-state index is 12.8. The van der Waals surface area contributed by atoms with Crippen molar-refractivity contribution in [3.8, 4) is 0 Å². The predicted octanol–water partition coefficient (Wildman–Crippen LogP) is -1.71. The van der Waals surface area contributed by atoms with Crippen molar-refractivity contribution in [3.05, 3.63) is 35.9 Å². The Morgan fingerprint density at radius 3 is 1.97 bits per heavy atom. The van der Waals surface area contributed by atoms with Gasteiger partial charge in [0.2, 0.25) is 11.8 Å². The van der Waals surface area contributed by atoms with Crippen LogP contribution in [0.15, 0.2) is 30.3 Å². The third-order valence-electron chi connectivity index (χ3n) is 5.92. The van der Waals surface area contributed by atoms with Gasteiger partial charge in [0.05, 0.1) is 31.2 Å². The van der Waals surface area contributed by atoms with Crippen molar-refractivity contribution in [3.63, 3.8) is 0 Å². The lowest BCUT2D eigenvalue weighted by Crippen LogP contribution is -2.59. The van der Waals surface area contributed by atoms with Crippen molar-refractivity contribution in [2.75, 3.05) is 6.61 Å². The molecule has 1 aromatic carbocycles. The van der Waals surface area contributed by atoms with Gasteiger partial charge < -0.3 is 47.2 Å². The smallest absolute Gasteiger partial charge is 0.305 e. The van der Waals surface area contributed by atoms with Crippen LogP contribution < -0.4 is 21.7 Å². The quantitative estimate of drug-likeness (QED) is 0.109. The van der Waals surface area contributed by atoms with Crippen molar-refractivity contribution >= 4 is 23.7 Å². The molecule has 10 N–H and O–H groups in total. The highest BCUT2D eigenvalue weighted by molar-refractivity contribution is 5.89. The van der Waals surface area contributed by atoms with Gasteiger partial charge in [0.15, 0.2) is 6.10 Å². The van der Waals surface area contributed by atoms with E-state index in [4.69, 9.17) is 5.73 Å². The Labute approximate surface area is 221 Å². The lowest BCUT2D eigenvalue weighted by Gasteiger charge is -2.30. The first-order chi connectivity index (χ1) is 18.0. The van der Waals surface area contributed by atoms with Gasteiger partial charge in [0.25, 0.3) is 5.91 Å². The molecular weight excluding hydrogens is 500 g/mol. The monoisotopic (exact) mass is 540 g/mol. The summed E-state index contributed by atoms with van der Waals surface area (Å²) in [7, 11) is 0. The summed E-state index contributed by atoms with van der Waals surface area (Å²) in [6.07, 6.45) is -5.10. The second-order valence-corrected chi connectivity index (χ2v) is 9.04. The molecule has 0 heterocycles. The molecule has 0 bridgehead atoms. The van der Waals surface area contributed by atoms with Crippen molar-refractivity contribution in [2.24, 2.45) is 5.73 Å². The molecule has 7 atom stereocenters. The first-order valence-electron chi connectivity index (χ1n) is 12.5. The number of aliphatic hydroxyl groups excluding tert-OH is 4. The molecule has 13 heteroatoms. The fourth-order valence-electron chi connectivity index (χ4n) is 3.75. The largest absolute Gasteiger partial charge is 0.481 e. The minimum atomic E-state index is -2.23. The fraction of sp³-hybridized carbons (Fsp3) is 0.600. The first kappa shape index (κ1) is 32.9. The Morgan fingerprint density at radius 1 is 0.842 bits per heavy atom. The van der Waals surface area contributed by atoms with Gasteiger partial charge >= 0.3 is 5.97 Å². The molecule has 0 saturated carbocycles. The minimum Gasteiger partial charge on any atom is -0.481 e. The fourth-order valence-corrected chi connectivity index (χ4v) is 3.75. The van der Waals surface area contributed by atoms with E-state index in [9.17, 15) is 44.7 Å². The van der Waals surface area contributed by atoms with Gasteiger partial charge in [-0.3, -0.25) is 19.2 Å². The van der Waals surface area contributed by atoms with E-state index in [1.165, 1.54) is 0 Å². The number of carbonyl (C=O) groups is 4. The number of carboxylic acids is 1. The van der Waals surface area contributed by atoms with E-state index in [1.54, 1.807) is 37.3 Å². The maximum Gasteiger partial charge on any atom is 0.305 e. The first-order valence-corrected chi connectivity index (χ1v) is 12.5. The SMILES string of the molecule is CCC[C@H](NC(=O)[C@@H](N)CCC)C(=O)N[C@@H](CO)[C@@H](O)[C@@H](O)[C@H](O)C(=O)N[C@@H](CC(=O)O)c1ccccc1. The number of nitrogens with one attached hydrogen (secondary N) is 3. The van der Waals surface area contributed by atoms with Gasteiger partial charge in [-0.15, -0.1) is 0 Å². The van der Waals surface area contributed by atoms with Crippen LogP contribution in [0.4, 0.5) is 0 Å². The lowest BCUT2D eigenvalue weighted by molar-refractivity contribution is -0.145. The summed E-state index contributed by atoms with van der Waals surface area (Å²) in [5.41, 5.74) is 6.23. The molecule has 214 valence electrons. The summed E-state index contributed by atoms with van der Waals surface area (Å²) in [6, 6.07) is 3.70. The van der Waals surface area contributed by atoms with E-state index in [1.807, 2.05) is 6.92 Å². The van der Waals surface area contributed by atoms with E-state index < -0.39 is 79.2 Å². The van der Waals surface area contributed by atoms with Crippen LogP contribution in [0, 0.1) is 0 Å². The average molecular weight is 541 g/mol. The van der Waals surface area contributed by atoms with E-state index in [-0.39, 0.29) is 6.42 Å². The molecule has 1 rings (SSSR count). The summed E-state index contributed by atoms with van der Waals surface area (Å²) >= 11 is 0. The second-order valence-electron chi connectivity index (χ2n) is 9.04. The van der Waals surface area contributed by atoms with Crippen LogP contribution in [0.25, 0.3) is 0 Å². The zero-order valence-electron chi connectivity index (χ0n) is 21.6. The summed E-state index contributed by atoms with van der Waals surface area (Å²) in [5, 5.41) is 57.4. The third kappa shape index (κ3) is 10.3. The summed E-state index contributed by atoms with van der Waals surface area (Å²) < 4.78 is 0. The van der Waals surface area contributed by atoms with Crippen molar-refractivity contribution < 1.29 is 44.7 Å². The van der Waals surface area contributed by atoms with E-state index in [0.29, 0.717) is 24.8 Å². The second kappa shape index (κ2) is 16.7. The Balaban J connectivity index is 2.89. The van der Waals surface area contributed by atoms with E-state index in [0.717, 1.165) is 0 Å². The number of rotatable bonds is 17. The number of carboxylic acid groups (broad SMARTS) is 1. The topological polar surface area (TPSA) is 232 Å². The molecule has 0 aliphatic carbocycles. The highest BCUT2D eigenvalue weighted by atomic mass is 16.4. The van der Waals surface area contributed by atoms with Gasteiger partial charge in [-0.25, -0.2) is 0 Å². The molecule has 0 spiro atoms. The minimum absolute atomic E-state index is 0.225. The Morgan fingerprint density at radius 2 is 1.45 bits per heavy atom. The predicted molar refractivity (Wildman–Crippen MR) is 136 cm³/mol. The van der Waals surface area contributed by atoms with E-state index >= 15 is 0 Å². The Hall–Kier alpha value is -3.10. The van der Waals surface area contributed by atoms with Gasteiger partial charge in [0, 0.05) is 0 Å². The van der Waals surface area contributed by atoms with Crippen LogP contribution in [0.5, 0.6) is 0 Å². The molecule has 0 fully saturated rings. The third-order valence-corrected chi connectivity index (χ3v) is 5.92. The molecular formula is C25H40N4O9. The number of carbonyl (C=O) groups excluding carboxylic acids is 3. The van der Waals surface area contributed by atoms with Crippen LogP contribution in [0.2, 0.25) is 0 Å². The van der Waals surface area contributed by atoms with Crippen molar-refractivity contribution in [2.45, 2.75) is 88.4 Å². The number of hydrogen-bond donors (Lipinski definition) is 9. The number of benzene rings is 1. The van der Waals surface area contributed by atoms with Gasteiger partial charge in [-0.1, -0.05) is 57.0 Å². The standard InChI is InChI=1S/C25H40N4O9/c1-3-8-15(26)23(36)27-16(9-4-2)24(37)29-18(13-30)20(33)21(34)22(35)25(38)28-17(12-19(31)32)14-10-6-5-7-11-14/h5-7,10-11,15-18,20-22,30,33-35H,3-4,8-9,12-13,26H2,1-2H3,(H,27,36)(H,28,38)(H,29,37)(H,31,32)/t15-,16-,17-,18-,20+,21+,22-/m0/s1. The zero-order valence-corrected chi connectivity index (χ0v) is 21.6. The van der Waals surface area contributed by atoms with Crippen LogP contribution in [-0.2, 0) is 19.2 Å². The number of aliphatic hydroxyl groups is 4. The molecule has 1 aromatic rings. The summed E-state index contributed by atoms with van der Waals surface area (Å²) in [6.45, 7) is 2.76. The molecule has 13 nitrogen and oxygen atoms in total. The van der Waals surface area contributed by atoms with Gasteiger partial charge in [0.1, 0.15) is 18.2 Å². The molecule has 0 aliphatic heterocycles. The van der Waals surface area contributed by atoms with Gasteiger partial charge in [-0.2, -0.15) is 0 Å². The van der Waals surface area contributed by atoms with Crippen LogP contribution in [0.1, 0.15) is 57.6 Å². The van der Waals surface area contributed by atoms with Crippen molar-refractivity contribution in [1.29, 1.82) is 0 Å². The lowest BCUT2D eigenvalue weighted by atomic mass is 9.98. The van der Waals surface area contributed by atoms with Gasteiger partial charge in [-0.05, 0) is 18.4 Å². The number of hydrogen-bond acceptors (Lipinski definition) is 9. The molecule has 0 unspecified atom stereocenters. The van der Waals surface area contributed by atoms with E-state index in [2.05, 4.69) is 16.0 Å². The zero-order chi connectivity index (χ0) is 28.8. The molecule has 0 saturated heterocycles. The molecule has 38 heavy (non-hydrogen) atoms. The Bertz CT molecular complexity index is 902. The van der Waals surface area contributed by atoms with Crippen LogP contribution >= 0.6 is 0 Å². The van der Waals surface area contributed by atoms with Crippen LogP contribution in [0.3, 0.4) is 0 Å². The molecule has 3 amide bonds. The molecule has 0 aliphatic rings. The number of aliphatic carboxylic acids is 1. The summed E-state index contributed by atoms with van der Waals surface area (Å²) in [4.78, 5) is 48.9. The van der Waals surface area contributed by atoms with Crippen LogP contribution in [-0.4, -0.2) is 92.3 Å².